The fourth-order valence-electron chi connectivity index (χ4n) is 1.63. The van der Waals surface area contributed by atoms with E-state index in [1.54, 1.807) is 0 Å². The van der Waals surface area contributed by atoms with Gasteiger partial charge in [0.15, 0.2) is 0 Å². The van der Waals surface area contributed by atoms with E-state index in [-0.39, 0.29) is 11.9 Å². The number of rotatable bonds is 1. The summed E-state index contributed by atoms with van der Waals surface area (Å²) in [6, 6.07) is 9.86. The molecule has 4 N–H and O–H groups in total. The zero-order valence-corrected chi connectivity index (χ0v) is 7.73. The predicted octanol–water partition coefficient (Wildman–Crippen LogP) is 0.0795. The van der Waals surface area contributed by atoms with Gasteiger partial charge in [-0.05, 0) is 5.56 Å². The van der Waals surface area contributed by atoms with E-state index in [2.05, 4.69) is 10.6 Å². The van der Waals surface area contributed by atoms with Crippen LogP contribution in [0, 0.1) is 0 Å². The number of carbonyl (C=O) groups is 1. The molecule has 0 aliphatic carbocycles. The molecule has 1 saturated heterocycles. The van der Waals surface area contributed by atoms with Crippen LogP contribution in [0.1, 0.15) is 18.0 Å². The molecule has 1 aromatic rings. The maximum atomic E-state index is 11.2. The number of carbonyl (C=O) groups excluding carboxylic acids is 1. The Morgan fingerprint density at radius 1 is 1.29 bits per heavy atom. The van der Waals surface area contributed by atoms with Crippen LogP contribution < -0.4 is 16.4 Å². The molecule has 14 heavy (non-hydrogen) atoms. The highest BCUT2D eigenvalue weighted by Gasteiger charge is 2.23. The van der Waals surface area contributed by atoms with E-state index < -0.39 is 6.29 Å². The van der Waals surface area contributed by atoms with Gasteiger partial charge in [-0.1, -0.05) is 30.3 Å². The molecule has 1 amide bonds. The van der Waals surface area contributed by atoms with Crippen LogP contribution in [0.15, 0.2) is 30.3 Å². The topological polar surface area (TPSA) is 67.1 Å². The molecule has 0 bridgehead atoms. The van der Waals surface area contributed by atoms with E-state index in [1.165, 1.54) is 0 Å². The molecule has 1 aliphatic rings. The van der Waals surface area contributed by atoms with Crippen molar-refractivity contribution < 1.29 is 4.79 Å². The van der Waals surface area contributed by atoms with Crippen LogP contribution in [-0.4, -0.2) is 12.2 Å². The first-order chi connectivity index (χ1) is 6.75. The van der Waals surface area contributed by atoms with Crippen molar-refractivity contribution in [2.75, 3.05) is 0 Å². The molecule has 1 fully saturated rings. The Labute approximate surface area is 82.5 Å². The first-order valence-electron chi connectivity index (χ1n) is 4.61. The maximum Gasteiger partial charge on any atom is 0.224 e. The summed E-state index contributed by atoms with van der Waals surface area (Å²) in [6.45, 7) is 0. The van der Waals surface area contributed by atoms with Crippen molar-refractivity contribution in [2.24, 2.45) is 5.73 Å². The van der Waals surface area contributed by atoms with E-state index in [0.717, 1.165) is 5.56 Å². The van der Waals surface area contributed by atoms with Gasteiger partial charge in [-0.15, -0.1) is 0 Å². The Morgan fingerprint density at radius 3 is 2.64 bits per heavy atom. The van der Waals surface area contributed by atoms with Gasteiger partial charge in [0.1, 0.15) is 6.29 Å². The van der Waals surface area contributed by atoms with Crippen molar-refractivity contribution in [1.29, 1.82) is 0 Å². The third-order valence-electron chi connectivity index (χ3n) is 2.29. The molecule has 0 radical (unpaired) electrons. The summed E-state index contributed by atoms with van der Waals surface area (Å²) in [5, 5.41) is 5.72. The molecular formula is C10H13N3O. The van der Waals surface area contributed by atoms with Crippen LogP contribution in [0.3, 0.4) is 0 Å². The molecule has 2 unspecified atom stereocenters. The summed E-state index contributed by atoms with van der Waals surface area (Å²) < 4.78 is 0. The average Bonchev–Trinajstić information content (AvgIpc) is 2.18. The first-order valence-corrected chi connectivity index (χ1v) is 4.61. The van der Waals surface area contributed by atoms with Gasteiger partial charge in [-0.2, -0.15) is 0 Å². The van der Waals surface area contributed by atoms with Crippen LogP contribution in [0.25, 0.3) is 0 Å². The summed E-state index contributed by atoms with van der Waals surface area (Å²) in [6.07, 6.45) is -0.000920. The molecule has 1 aromatic carbocycles. The monoisotopic (exact) mass is 191 g/mol. The maximum absolute atomic E-state index is 11.2. The van der Waals surface area contributed by atoms with Crippen molar-refractivity contribution in [3.05, 3.63) is 35.9 Å². The minimum atomic E-state index is -0.443. The second-order valence-corrected chi connectivity index (χ2v) is 3.38. The molecular weight excluding hydrogens is 178 g/mol. The number of benzene rings is 1. The fourth-order valence-corrected chi connectivity index (χ4v) is 1.63. The first kappa shape index (κ1) is 9.18. The summed E-state index contributed by atoms with van der Waals surface area (Å²) in [4.78, 5) is 11.2. The van der Waals surface area contributed by atoms with Crippen molar-refractivity contribution in [3.63, 3.8) is 0 Å². The number of amides is 1. The van der Waals surface area contributed by atoms with Crippen LogP contribution in [0.2, 0.25) is 0 Å². The van der Waals surface area contributed by atoms with Crippen LogP contribution in [-0.2, 0) is 4.79 Å². The SMILES string of the molecule is NC1NC(=O)CC(c2ccccc2)N1. The molecule has 1 aliphatic heterocycles. The normalized spacial score (nSPS) is 27.1. The standard InChI is InChI=1S/C10H13N3O/c11-10-12-8(6-9(14)13-10)7-4-2-1-3-5-7/h1-5,8,10,12H,6,11H2,(H,13,14). The number of nitrogens with one attached hydrogen (secondary N) is 2. The van der Waals surface area contributed by atoms with Gasteiger partial charge in [-0.25, -0.2) is 0 Å². The fraction of sp³-hybridized carbons (Fsp3) is 0.300. The lowest BCUT2D eigenvalue weighted by molar-refractivity contribution is -0.124. The summed E-state index contributed by atoms with van der Waals surface area (Å²) in [5.74, 6) is -0.00916. The Kier molecular flexibility index (Phi) is 2.47. The van der Waals surface area contributed by atoms with Crippen molar-refractivity contribution in [2.45, 2.75) is 18.8 Å². The van der Waals surface area contributed by atoms with Gasteiger partial charge in [0, 0.05) is 12.5 Å². The molecule has 74 valence electrons. The number of nitrogens with two attached hydrogens (primary N) is 1. The zero-order valence-electron chi connectivity index (χ0n) is 7.73. The smallest absolute Gasteiger partial charge is 0.224 e. The number of hydrogen-bond acceptors (Lipinski definition) is 3. The van der Waals surface area contributed by atoms with Crippen molar-refractivity contribution in [1.82, 2.24) is 10.6 Å². The Hall–Kier alpha value is -1.39. The van der Waals surface area contributed by atoms with E-state index in [9.17, 15) is 4.79 Å². The number of hydrogen-bond donors (Lipinski definition) is 3. The summed E-state index contributed by atoms with van der Waals surface area (Å²) in [7, 11) is 0. The summed E-state index contributed by atoms with van der Waals surface area (Å²) >= 11 is 0. The minimum absolute atomic E-state index is 0.00916. The van der Waals surface area contributed by atoms with E-state index >= 15 is 0 Å². The lowest BCUT2D eigenvalue weighted by Crippen LogP contribution is -2.57. The Morgan fingerprint density at radius 2 is 2.00 bits per heavy atom. The molecule has 4 nitrogen and oxygen atoms in total. The lowest BCUT2D eigenvalue weighted by Gasteiger charge is -2.29. The second kappa shape index (κ2) is 3.77. The third kappa shape index (κ3) is 1.92. The molecule has 2 rings (SSSR count). The predicted molar refractivity (Wildman–Crippen MR) is 53.1 cm³/mol. The van der Waals surface area contributed by atoms with E-state index in [0.29, 0.717) is 6.42 Å². The van der Waals surface area contributed by atoms with Gasteiger partial charge < -0.3 is 5.32 Å². The highest BCUT2D eigenvalue weighted by atomic mass is 16.2. The highest BCUT2D eigenvalue weighted by molar-refractivity contribution is 5.77. The van der Waals surface area contributed by atoms with Gasteiger partial charge in [0.05, 0.1) is 0 Å². The van der Waals surface area contributed by atoms with Gasteiger partial charge in [-0.3, -0.25) is 15.8 Å². The molecule has 0 spiro atoms. The van der Waals surface area contributed by atoms with E-state index in [4.69, 9.17) is 5.73 Å². The zero-order chi connectivity index (χ0) is 9.97. The molecule has 4 heteroatoms. The molecule has 0 saturated carbocycles. The Balaban J connectivity index is 2.15. The van der Waals surface area contributed by atoms with Gasteiger partial charge in [0.25, 0.3) is 0 Å². The van der Waals surface area contributed by atoms with Crippen LogP contribution in [0.4, 0.5) is 0 Å². The van der Waals surface area contributed by atoms with Crippen LogP contribution in [0.5, 0.6) is 0 Å². The van der Waals surface area contributed by atoms with Crippen molar-refractivity contribution >= 4 is 5.91 Å². The molecule has 0 aromatic heterocycles. The highest BCUT2D eigenvalue weighted by Crippen LogP contribution is 2.18. The quantitative estimate of drug-likeness (QED) is 0.589. The minimum Gasteiger partial charge on any atom is -0.328 e. The average molecular weight is 191 g/mol. The summed E-state index contributed by atoms with van der Waals surface area (Å²) in [5.41, 5.74) is 6.71. The van der Waals surface area contributed by atoms with Crippen molar-refractivity contribution in [3.8, 4) is 0 Å². The van der Waals surface area contributed by atoms with E-state index in [1.807, 2.05) is 30.3 Å². The van der Waals surface area contributed by atoms with Gasteiger partial charge >= 0.3 is 0 Å². The third-order valence-corrected chi connectivity index (χ3v) is 2.29. The van der Waals surface area contributed by atoms with Gasteiger partial charge in [0.2, 0.25) is 5.91 Å². The lowest BCUT2D eigenvalue weighted by atomic mass is 10.0. The second-order valence-electron chi connectivity index (χ2n) is 3.38. The molecule has 2 atom stereocenters. The van der Waals surface area contributed by atoms with Crippen LogP contribution >= 0.6 is 0 Å². The Bertz CT molecular complexity index is 325. The molecule has 1 heterocycles. The largest absolute Gasteiger partial charge is 0.328 e.